The summed E-state index contributed by atoms with van der Waals surface area (Å²) in [6.07, 6.45) is 4.09. The van der Waals surface area contributed by atoms with E-state index >= 15 is 0 Å². The van der Waals surface area contributed by atoms with Gasteiger partial charge in [0, 0.05) is 12.3 Å². The van der Waals surface area contributed by atoms with Gasteiger partial charge >= 0.3 is 5.97 Å². The van der Waals surface area contributed by atoms with Gasteiger partial charge in [-0.15, -0.1) is 0 Å². The second-order valence-electron chi connectivity index (χ2n) is 3.16. The van der Waals surface area contributed by atoms with Gasteiger partial charge in [0.25, 0.3) is 5.56 Å². The minimum Gasteiger partial charge on any atom is -0.462 e. The van der Waals surface area contributed by atoms with Gasteiger partial charge in [-0.2, -0.15) is 5.10 Å². The second-order valence-corrected chi connectivity index (χ2v) is 3.16. The van der Waals surface area contributed by atoms with Crippen LogP contribution in [0.4, 0.5) is 0 Å². The van der Waals surface area contributed by atoms with Gasteiger partial charge in [0.15, 0.2) is 5.82 Å². The summed E-state index contributed by atoms with van der Waals surface area (Å²) in [5.41, 5.74) is 0.0251. The van der Waals surface area contributed by atoms with Crippen LogP contribution < -0.4 is 5.56 Å². The highest BCUT2D eigenvalue weighted by Gasteiger charge is 2.10. The van der Waals surface area contributed by atoms with Crippen molar-refractivity contribution in [1.82, 2.24) is 19.7 Å². The van der Waals surface area contributed by atoms with Crippen molar-refractivity contribution in [2.45, 2.75) is 6.92 Å². The van der Waals surface area contributed by atoms with Gasteiger partial charge in [-0.3, -0.25) is 4.79 Å². The lowest BCUT2D eigenvalue weighted by Gasteiger charge is -1.98. The van der Waals surface area contributed by atoms with Crippen molar-refractivity contribution in [2.24, 2.45) is 0 Å². The number of nitrogens with zero attached hydrogens (tertiary/aromatic N) is 3. The number of aromatic nitrogens is 4. The van der Waals surface area contributed by atoms with Crippen LogP contribution in [0.25, 0.3) is 5.82 Å². The first-order valence-corrected chi connectivity index (χ1v) is 4.97. The van der Waals surface area contributed by atoms with Crippen molar-refractivity contribution in [2.75, 3.05) is 6.61 Å². The lowest BCUT2D eigenvalue weighted by molar-refractivity contribution is 0.0526. The van der Waals surface area contributed by atoms with Crippen molar-refractivity contribution in [3.8, 4) is 5.82 Å². The summed E-state index contributed by atoms with van der Waals surface area (Å²) in [4.78, 5) is 28.8. The van der Waals surface area contributed by atoms with Crippen LogP contribution in [0.3, 0.4) is 0 Å². The van der Waals surface area contributed by atoms with Gasteiger partial charge in [0.05, 0.1) is 24.7 Å². The number of H-pyrrole nitrogens is 1. The van der Waals surface area contributed by atoms with Crippen LogP contribution in [0, 0.1) is 0 Å². The third-order valence-electron chi connectivity index (χ3n) is 1.99. The Morgan fingerprint density at radius 3 is 3.12 bits per heavy atom. The fourth-order valence-electron chi connectivity index (χ4n) is 1.25. The molecular formula is C10H10N4O3. The third kappa shape index (κ3) is 2.39. The van der Waals surface area contributed by atoms with Crippen molar-refractivity contribution >= 4 is 5.97 Å². The highest BCUT2D eigenvalue weighted by atomic mass is 16.5. The zero-order chi connectivity index (χ0) is 12.3. The van der Waals surface area contributed by atoms with Gasteiger partial charge < -0.3 is 9.72 Å². The molecule has 17 heavy (non-hydrogen) atoms. The Morgan fingerprint density at radius 1 is 1.59 bits per heavy atom. The van der Waals surface area contributed by atoms with E-state index in [0.717, 1.165) is 0 Å². The molecule has 2 aromatic rings. The molecule has 0 amide bonds. The molecule has 0 saturated carbocycles. The number of rotatable bonds is 3. The molecule has 0 saturated heterocycles. The molecule has 7 heteroatoms. The topological polar surface area (TPSA) is 89.9 Å². The lowest BCUT2D eigenvalue weighted by atomic mass is 10.4. The van der Waals surface area contributed by atoms with E-state index in [1.165, 1.54) is 29.5 Å². The predicted molar refractivity (Wildman–Crippen MR) is 57.9 cm³/mol. The summed E-state index contributed by atoms with van der Waals surface area (Å²) >= 11 is 0. The molecule has 0 fully saturated rings. The first-order chi connectivity index (χ1) is 8.20. The average molecular weight is 234 g/mol. The zero-order valence-corrected chi connectivity index (χ0v) is 9.08. The van der Waals surface area contributed by atoms with E-state index in [0.29, 0.717) is 18.0 Å². The molecule has 2 heterocycles. The summed E-state index contributed by atoms with van der Waals surface area (Å²) in [6, 6.07) is 1.28. The maximum absolute atomic E-state index is 11.4. The summed E-state index contributed by atoms with van der Waals surface area (Å²) in [7, 11) is 0. The summed E-state index contributed by atoms with van der Waals surface area (Å²) in [5.74, 6) is -0.118. The Balaban J connectivity index is 2.30. The molecule has 7 nitrogen and oxygen atoms in total. The molecule has 88 valence electrons. The maximum atomic E-state index is 11.4. The van der Waals surface area contributed by atoms with Crippen LogP contribution in [0.15, 0.2) is 29.6 Å². The van der Waals surface area contributed by atoms with Crippen molar-refractivity contribution in [1.29, 1.82) is 0 Å². The number of hydrogen-bond donors (Lipinski definition) is 1. The normalized spacial score (nSPS) is 10.2. The SMILES string of the molecule is CCOC(=O)c1cnn(-c2cc(=O)[nH]cn2)c1. The molecule has 0 spiro atoms. The van der Waals surface area contributed by atoms with Gasteiger partial charge in [-0.1, -0.05) is 0 Å². The Hall–Kier alpha value is -2.44. The number of carbonyl (C=O) groups is 1. The largest absolute Gasteiger partial charge is 0.462 e. The monoisotopic (exact) mass is 234 g/mol. The summed E-state index contributed by atoms with van der Waals surface area (Å²) < 4.78 is 6.16. The quantitative estimate of drug-likeness (QED) is 0.762. The summed E-state index contributed by atoms with van der Waals surface area (Å²) in [5, 5.41) is 3.93. The molecule has 2 aromatic heterocycles. The number of aromatic amines is 1. The smallest absolute Gasteiger partial charge is 0.341 e. The van der Waals surface area contributed by atoms with E-state index in [1.54, 1.807) is 6.92 Å². The molecule has 0 aromatic carbocycles. The van der Waals surface area contributed by atoms with Crippen LogP contribution in [-0.4, -0.2) is 32.3 Å². The number of carbonyl (C=O) groups excluding carboxylic acids is 1. The zero-order valence-electron chi connectivity index (χ0n) is 9.08. The van der Waals surface area contributed by atoms with Gasteiger partial charge in [0.2, 0.25) is 0 Å². The molecule has 2 rings (SSSR count). The van der Waals surface area contributed by atoms with Gasteiger partial charge in [-0.25, -0.2) is 14.5 Å². The number of ether oxygens (including phenoxy) is 1. The molecule has 0 aliphatic heterocycles. The van der Waals surface area contributed by atoms with Gasteiger partial charge in [-0.05, 0) is 6.92 Å². The van der Waals surface area contributed by atoms with Crippen LogP contribution in [0.2, 0.25) is 0 Å². The van der Waals surface area contributed by atoms with Crippen LogP contribution in [-0.2, 0) is 4.74 Å². The number of hydrogen-bond acceptors (Lipinski definition) is 5. The molecule has 0 bridgehead atoms. The summed E-state index contributed by atoms with van der Waals surface area (Å²) in [6.45, 7) is 2.02. The molecule has 0 aliphatic carbocycles. The minimum atomic E-state index is -0.455. The van der Waals surface area contributed by atoms with Crippen LogP contribution >= 0.6 is 0 Å². The predicted octanol–water partition coefficient (Wildman–Crippen LogP) is 0.132. The van der Waals surface area contributed by atoms with E-state index in [4.69, 9.17) is 4.74 Å². The molecule has 0 unspecified atom stereocenters. The number of esters is 1. The maximum Gasteiger partial charge on any atom is 0.341 e. The van der Waals surface area contributed by atoms with Crippen molar-refractivity contribution in [3.05, 3.63) is 40.7 Å². The Bertz CT molecular complexity index is 587. The van der Waals surface area contributed by atoms with Crippen LogP contribution in [0.1, 0.15) is 17.3 Å². The third-order valence-corrected chi connectivity index (χ3v) is 1.99. The standard InChI is InChI=1S/C10H10N4O3/c1-2-17-10(16)7-4-13-14(5-7)8-3-9(15)12-6-11-8/h3-6H,2H2,1H3,(H,11,12,15). The fourth-order valence-corrected chi connectivity index (χ4v) is 1.25. The number of nitrogens with one attached hydrogen (secondary N) is 1. The first kappa shape index (κ1) is 11.1. The Morgan fingerprint density at radius 2 is 2.41 bits per heavy atom. The van der Waals surface area contributed by atoms with E-state index in [2.05, 4.69) is 15.1 Å². The van der Waals surface area contributed by atoms with E-state index < -0.39 is 5.97 Å². The molecule has 0 radical (unpaired) electrons. The molecule has 1 N–H and O–H groups in total. The van der Waals surface area contributed by atoms with Crippen molar-refractivity contribution in [3.63, 3.8) is 0 Å². The minimum absolute atomic E-state index is 0.289. The fraction of sp³-hybridized carbons (Fsp3) is 0.200. The highest BCUT2D eigenvalue weighted by Crippen LogP contribution is 2.04. The average Bonchev–Trinajstić information content (AvgIpc) is 2.78. The second kappa shape index (κ2) is 4.60. The van der Waals surface area contributed by atoms with Crippen LogP contribution in [0.5, 0.6) is 0 Å². The van der Waals surface area contributed by atoms with E-state index in [-0.39, 0.29) is 5.56 Å². The van der Waals surface area contributed by atoms with E-state index in [1.807, 2.05) is 0 Å². The molecular weight excluding hydrogens is 224 g/mol. The van der Waals surface area contributed by atoms with Gasteiger partial charge in [0.1, 0.15) is 0 Å². The Labute approximate surface area is 96.1 Å². The lowest BCUT2D eigenvalue weighted by Crippen LogP contribution is -2.09. The molecule has 0 aliphatic rings. The molecule has 0 atom stereocenters. The first-order valence-electron chi connectivity index (χ1n) is 4.97. The Kier molecular flexibility index (Phi) is 2.99. The highest BCUT2D eigenvalue weighted by molar-refractivity contribution is 5.88. The van der Waals surface area contributed by atoms with E-state index in [9.17, 15) is 9.59 Å². The van der Waals surface area contributed by atoms with Crippen molar-refractivity contribution < 1.29 is 9.53 Å².